The van der Waals surface area contributed by atoms with E-state index in [2.05, 4.69) is 22.0 Å². The normalized spacial score (nSPS) is 21.3. The van der Waals surface area contributed by atoms with Crippen LogP contribution in [0.15, 0.2) is 42.6 Å². The van der Waals surface area contributed by atoms with E-state index in [9.17, 15) is 4.79 Å². The lowest BCUT2D eigenvalue weighted by Crippen LogP contribution is -2.52. The smallest absolute Gasteiger partial charge is 0.233 e. The minimum atomic E-state index is -0.516. The zero-order valence-electron chi connectivity index (χ0n) is 17.8. The second-order valence-electron chi connectivity index (χ2n) is 8.63. The Morgan fingerprint density at radius 3 is 2.63 bits per heavy atom. The van der Waals surface area contributed by atoms with E-state index in [1.807, 2.05) is 49.5 Å². The fourth-order valence-corrected chi connectivity index (χ4v) is 4.91. The number of nitrogens with zero attached hydrogens (tertiary/aromatic N) is 3. The van der Waals surface area contributed by atoms with Crippen LogP contribution in [-0.4, -0.2) is 56.2 Å². The Hall–Kier alpha value is -2.11. The first-order chi connectivity index (χ1) is 14.5. The molecule has 2 aliphatic heterocycles. The molecule has 0 unspecified atom stereocenters. The van der Waals surface area contributed by atoms with Gasteiger partial charge in [-0.1, -0.05) is 23.7 Å². The van der Waals surface area contributed by atoms with Gasteiger partial charge in [-0.2, -0.15) is 0 Å². The molecule has 1 aromatic heterocycles. The van der Waals surface area contributed by atoms with Crippen molar-refractivity contribution >= 4 is 23.3 Å². The summed E-state index contributed by atoms with van der Waals surface area (Å²) in [5.41, 5.74) is 1.80. The highest BCUT2D eigenvalue weighted by molar-refractivity contribution is 6.30. The van der Waals surface area contributed by atoms with Gasteiger partial charge in [-0.05, 0) is 61.1 Å². The van der Waals surface area contributed by atoms with Crippen LogP contribution < -0.4 is 4.90 Å². The first-order valence-corrected chi connectivity index (χ1v) is 11.1. The second-order valence-corrected chi connectivity index (χ2v) is 9.07. The molecule has 6 heteroatoms. The molecule has 1 aromatic carbocycles. The van der Waals surface area contributed by atoms with Gasteiger partial charge in [0.25, 0.3) is 0 Å². The van der Waals surface area contributed by atoms with Gasteiger partial charge in [0.05, 0.1) is 5.41 Å². The van der Waals surface area contributed by atoms with Gasteiger partial charge in [-0.25, -0.2) is 4.98 Å². The molecule has 160 valence electrons. The quantitative estimate of drug-likeness (QED) is 0.731. The highest BCUT2D eigenvalue weighted by Gasteiger charge is 2.45. The summed E-state index contributed by atoms with van der Waals surface area (Å²) in [4.78, 5) is 22.5. The average molecular weight is 428 g/mol. The van der Waals surface area contributed by atoms with Crippen molar-refractivity contribution < 1.29 is 9.53 Å². The zero-order valence-corrected chi connectivity index (χ0v) is 18.6. The first kappa shape index (κ1) is 21.1. The lowest BCUT2D eigenvalue weighted by Gasteiger charge is -2.43. The van der Waals surface area contributed by atoms with Crippen molar-refractivity contribution in [3.8, 4) is 0 Å². The van der Waals surface area contributed by atoms with Gasteiger partial charge < -0.3 is 14.5 Å². The van der Waals surface area contributed by atoms with E-state index < -0.39 is 5.41 Å². The minimum absolute atomic E-state index is 0.236. The van der Waals surface area contributed by atoms with Crippen molar-refractivity contribution in [1.29, 1.82) is 0 Å². The van der Waals surface area contributed by atoms with Crippen LogP contribution in [0.25, 0.3) is 0 Å². The number of ether oxygens (including phenoxy) is 1. The number of pyridine rings is 1. The van der Waals surface area contributed by atoms with Crippen LogP contribution in [0.4, 0.5) is 5.82 Å². The Labute approximate surface area is 184 Å². The number of piperidine rings is 1. The number of rotatable bonds is 4. The van der Waals surface area contributed by atoms with Gasteiger partial charge in [0.15, 0.2) is 0 Å². The van der Waals surface area contributed by atoms with E-state index in [0.29, 0.717) is 37.0 Å². The van der Waals surface area contributed by atoms with E-state index in [-0.39, 0.29) is 5.91 Å². The maximum absolute atomic E-state index is 13.9. The third kappa shape index (κ3) is 4.19. The predicted molar refractivity (Wildman–Crippen MR) is 120 cm³/mol. The highest BCUT2D eigenvalue weighted by atomic mass is 35.5. The van der Waals surface area contributed by atoms with Crippen LogP contribution >= 0.6 is 11.6 Å². The third-order valence-electron chi connectivity index (χ3n) is 6.56. The fraction of sp³-hybridized carbons (Fsp3) is 0.500. The van der Waals surface area contributed by atoms with E-state index in [1.165, 1.54) is 5.56 Å². The number of hydrogen-bond acceptors (Lipinski definition) is 4. The Balaban J connectivity index is 1.59. The highest BCUT2D eigenvalue weighted by Crippen LogP contribution is 2.39. The third-order valence-corrected chi connectivity index (χ3v) is 6.81. The molecule has 0 spiro atoms. The molecule has 0 aliphatic carbocycles. The molecule has 0 bridgehead atoms. The van der Waals surface area contributed by atoms with Crippen molar-refractivity contribution in [2.45, 2.75) is 37.0 Å². The molecule has 4 rings (SSSR count). The van der Waals surface area contributed by atoms with E-state index in [0.717, 1.165) is 37.3 Å². The second kappa shape index (κ2) is 8.94. The molecular formula is C24H30ClN3O2. The molecule has 30 heavy (non-hydrogen) atoms. The number of anilines is 1. The average Bonchev–Trinajstić information content (AvgIpc) is 2.79. The van der Waals surface area contributed by atoms with Gasteiger partial charge in [0, 0.05) is 57.5 Å². The summed E-state index contributed by atoms with van der Waals surface area (Å²) in [6.07, 6.45) is 5.42. The number of carbonyl (C=O) groups excluding carboxylic acids is 1. The SMILES string of the molecule is CN(C)c1cc([C@H]2CCCN(C(=O)C3(c4ccc(Cl)cc4)CCOCC3)C2)ccn1. The monoisotopic (exact) mass is 427 g/mol. The van der Waals surface area contributed by atoms with Crippen molar-refractivity contribution in [2.24, 2.45) is 0 Å². The summed E-state index contributed by atoms with van der Waals surface area (Å²) in [5, 5.41) is 0.695. The summed E-state index contributed by atoms with van der Waals surface area (Å²) in [6.45, 7) is 2.80. The van der Waals surface area contributed by atoms with Gasteiger partial charge >= 0.3 is 0 Å². The molecule has 3 heterocycles. The van der Waals surface area contributed by atoms with Gasteiger partial charge in [-0.3, -0.25) is 4.79 Å². The Morgan fingerprint density at radius 2 is 1.93 bits per heavy atom. The molecule has 0 saturated carbocycles. The summed E-state index contributed by atoms with van der Waals surface area (Å²) in [5.74, 6) is 1.53. The minimum Gasteiger partial charge on any atom is -0.381 e. The topological polar surface area (TPSA) is 45.7 Å². The van der Waals surface area contributed by atoms with Crippen LogP contribution in [-0.2, 0) is 14.9 Å². The zero-order chi connectivity index (χ0) is 21.1. The number of carbonyl (C=O) groups is 1. The van der Waals surface area contributed by atoms with Crippen molar-refractivity contribution in [2.75, 3.05) is 45.3 Å². The summed E-state index contributed by atoms with van der Waals surface area (Å²) >= 11 is 6.12. The van der Waals surface area contributed by atoms with Crippen molar-refractivity contribution in [1.82, 2.24) is 9.88 Å². The van der Waals surface area contributed by atoms with Crippen molar-refractivity contribution in [3.63, 3.8) is 0 Å². The van der Waals surface area contributed by atoms with Crippen LogP contribution in [0.2, 0.25) is 5.02 Å². The number of amides is 1. The molecule has 1 amide bonds. The standard InChI is InChI=1S/C24H30ClN3O2/c1-27(2)22-16-18(9-12-26-22)19-4-3-13-28(17-19)23(29)24(10-14-30-15-11-24)20-5-7-21(25)8-6-20/h5-9,12,16,19H,3-4,10-11,13-15,17H2,1-2H3/t19-/m0/s1. The Bertz CT molecular complexity index is 878. The van der Waals surface area contributed by atoms with Crippen LogP contribution in [0.3, 0.4) is 0 Å². The first-order valence-electron chi connectivity index (χ1n) is 10.8. The molecule has 1 atom stereocenters. The molecule has 5 nitrogen and oxygen atoms in total. The molecule has 0 N–H and O–H groups in total. The largest absolute Gasteiger partial charge is 0.381 e. The van der Waals surface area contributed by atoms with Crippen molar-refractivity contribution in [3.05, 3.63) is 58.7 Å². The predicted octanol–water partition coefficient (Wildman–Crippen LogP) is 4.26. The van der Waals surface area contributed by atoms with Crippen LogP contribution in [0, 0.1) is 0 Å². The van der Waals surface area contributed by atoms with E-state index >= 15 is 0 Å². The summed E-state index contributed by atoms with van der Waals surface area (Å²) < 4.78 is 5.63. The lowest BCUT2D eigenvalue weighted by atomic mass is 9.72. The van der Waals surface area contributed by atoms with Crippen LogP contribution in [0.1, 0.15) is 42.7 Å². The lowest BCUT2D eigenvalue weighted by molar-refractivity contribution is -0.142. The Kier molecular flexibility index (Phi) is 6.30. The number of likely N-dealkylation sites (tertiary alicyclic amines) is 1. The molecule has 2 aliphatic rings. The number of halogens is 1. The molecule has 2 saturated heterocycles. The molecule has 2 aromatic rings. The van der Waals surface area contributed by atoms with Gasteiger partial charge in [-0.15, -0.1) is 0 Å². The fourth-order valence-electron chi connectivity index (χ4n) is 4.78. The molecular weight excluding hydrogens is 398 g/mol. The molecule has 0 radical (unpaired) electrons. The summed E-state index contributed by atoms with van der Waals surface area (Å²) in [7, 11) is 4.01. The number of aromatic nitrogens is 1. The van der Waals surface area contributed by atoms with Gasteiger partial charge in [0.1, 0.15) is 5.82 Å². The number of hydrogen-bond donors (Lipinski definition) is 0. The van der Waals surface area contributed by atoms with E-state index in [1.54, 1.807) is 0 Å². The maximum Gasteiger partial charge on any atom is 0.233 e. The number of benzene rings is 1. The molecule has 2 fully saturated rings. The summed E-state index contributed by atoms with van der Waals surface area (Å²) in [6, 6.07) is 12.1. The van der Waals surface area contributed by atoms with Gasteiger partial charge in [0.2, 0.25) is 5.91 Å². The maximum atomic E-state index is 13.9. The van der Waals surface area contributed by atoms with Crippen LogP contribution in [0.5, 0.6) is 0 Å². The Morgan fingerprint density at radius 1 is 1.20 bits per heavy atom. The van der Waals surface area contributed by atoms with E-state index in [4.69, 9.17) is 16.3 Å².